The van der Waals surface area contributed by atoms with E-state index in [4.69, 9.17) is 19.3 Å². The molecule has 0 saturated carbocycles. The zero-order valence-corrected chi connectivity index (χ0v) is 22.0. The highest BCUT2D eigenvalue weighted by Crippen LogP contribution is 2.34. The van der Waals surface area contributed by atoms with E-state index in [0.29, 0.717) is 43.8 Å². The molecule has 2 unspecified atom stereocenters. The average molecular weight is 512 g/mol. The second-order valence-corrected chi connectivity index (χ2v) is 10.1. The summed E-state index contributed by atoms with van der Waals surface area (Å²) < 4.78 is 33.4. The van der Waals surface area contributed by atoms with Gasteiger partial charge in [0.15, 0.2) is 0 Å². The minimum atomic E-state index is -0.649. The third-order valence-electron chi connectivity index (χ3n) is 6.24. The summed E-state index contributed by atoms with van der Waals surface area (Å²) in [6, 6.07) is 16.0. The molecule has 8 heteroatoms. The van der Waals surface area contributed by atoms with Crippen LogP contribution in [-0.2, 0) is 23.1 Å². The van der Waals surface area contributed by atoms with E-state index < -0.39 is 6.10 Å². The van der Waals surface area contributed by atoms with Gasteiger partial charge in [0.05, 0.1) is 24.4 Å². The number of rotatable bonds is 13. The SMILES string of the molecule is CC(C)COCC(O)CN(Cc1c(-c2ccccc2)nn(C)c1Oc1cccc(F)c1)CC1CCCO1. The van der Waals surface area contributed by atoms with Crippen molar-refractivity contribution in [3.63, 3.8) is 0 Å². The molecule has 200 valence electrons. The molecule has 1 fully saturated rings. The molecule has 2 aromatic carbocycles. The Morgan fingerprint density at radius 3 is 2.68 bits per heavy atom. The van der Waals surface area contributed by atoms with Crippen LogP contribution < -0.4 is 4.74 Å². The first-order valence-electron chi connectivity index (χ1n) is 13.0. The smallest absolute Gasteiger partial charge is 0.222 e. The Labute approximate surface area is 218 Å². The van der Waals surface area contributed by atoms with E-state index in [1.807, 2.05) is 37.4 Å². The Hall–Kier alpha value is -2.78. The van der Waals surface area contributed by atoms with Crippen LogP contribution in [0.15, 0.2) is 54.6 Å². The van der Waals surface area contributed by atoms with Gasteiger partial charge in [0, 0.05) is 51.5 Å². The summed E-state index contributed by atoms with van der Waals surface area (Å²) in [7, 11) is 1.82. The summed E-state index contributed by atoms with van der Waals surface area (Å²) in [6.45, 7) is 7.37. The lowest BCUT2D eigenvalue weighted by atomic mass is 10.1. The van der Waals surface area contributed by atoms with Crippen molar-refractivity contribution in [2.75, 3.05) is 32.9 Å². The molecular weight excluding hydrogens is 473 g/mol. The van der Waals surface area contributed by atoms with Crippen LogP contribution in [0.25, 0.3) is 11.3 Å². The molecule has 37 heavy (non-hydrogen) atoms. The molecular formula is C29H38FN3O4. The van der Waals surface area contributed by atoms with Crippen LogP contribution in [0.3, 0.4) is 0 Å². The van der Waals surface area contributed by atoms with Gasteiger partial charge >= 0.3 is 0 Å². The fourth-order valence-corrected chi connectivity index (χ4v) is 4.59. The van der Waals surface area contributed by atoms with E-state index in [2.05, 4.69) is 18.7 Å². The molecule has 1 N–H and O–H groups in total. The van der Waals surface area contributed by atoms with Gasteiger partial charge in [0.1, 0.15) is 17.3 Å². The quantitative estimate of drug-likeness (QED) is 0.347. The molecule has 2 heterocycles. The van der Waals surface area contributed by atoms with Crippen molar-refractivity contribution in [2.45, 2.75) is 45.4 Å². The Morgan fingerprint density at radius 2 is 1.97 bits per heavy atom. The number of halogens is 1. The van der Waals surface area contributed by atoms with Crippen LogP contribution in [0.1, 0.15) is 32.3 Å². The zero-order valence-electron chi connectivity index (χ0n) is 22.0. The van der Waals surface area contributed by atoms with E-state index in [0.717, 1.165) is 36.3 Å². The van der Waals surface area contributed by atoms with E-state index in [9.17, 15) is 9.50 Å². The Balaban J connectivity index is 1.63. The number of hydrogen-bond donors (Lipinski definition) is 1. The van der Waals surface area contributed by atoms with Gasteiger partial charge in [0.2, 0.25) is 5.88 Å². The van der Waals surface area contributed by atoms with Gasteiger partial charge in [-0.25, -0.2) is 9.07 Å². The predicted molar refractivity (Wildman–Crippen MR) is 141 cm³/mol. The van der Waals surface area contributed by atoms with Gasteiger partial charge < -0.3 is 19.3 Å². The number of aliphatic hydroxyl groups excluding tert-OH is 1. The molecule has 1 aliphatic heterocycles. The molecule has 1 aliphatic rings. The second-order valence-electron chi connectivity index (χ2n) is 10.1. The summed E-state index contributed by atoms with van der Waals surface area (Å²) in [6.07, 6.45) is 1.48. The topological polar surface area (TPSA) is 69.0 Å². The minimum Gasteiger partial charge on any atom is -0.439 e. The number of benzene rings is 2. The van der Waals surface area contributed by atoms with E-state index in [1.165, 1.54) is 12.1 Å². The standard InChI is InChI=1S/C29H38FN3O4/c1-21(2)19-35-20-24(34)16-33(17-26-13-8-14-36-26)18-27-28(22-9-5-4-6-10-22)31-32(3)29(27)37-25-12-7-11-23(30)15-25/h4-7,9-12,15,21,24,26,34H,8,13-14,16-20H2,1-3H3. The molecule has 2 atom stereocenters. The fraction of sp³-hybridized carbons (Fsp3) is 0.483. The number of hydrogen-bond acceptors (Lipinski definition) is 6. The molecule has 1 saturated heterocycles. The highest BCUT2D eigenvalue weighted by Gasteiger charge is 2.26. The summed E-state index contributed by atoms with van der Waals surface area (Å²) >= 11 is 0. The van der Waals surface area contributed by atoms with Crippen molar-refractivity contribution >= 4 is 0 Å². The van der Waals surface area contributed by atoms with Gasteiger partial charge in [-0.1, -0.05) is 50.2 Å². The van der Waals surface area contributed by atoms with Crippen LogP contribution in [0.2, 0.25) is 0 Å². The lowest BCUT2D eigenvalue weighted by molar-refractivity contribution is -0.00399. The van der Waals surface area contributed by atoms with Crippen LogP contribution in [0.5, 0.6) is 11.6 Å². The van der Waals surface area contributed by atoms with Gasteiger partial charge in [-0.15, -0.1) is 0 Å². The van der Waals surface area contributed by atoms with Crippen LogP contribution in [0.4, 0.5) is 4.39 Å². The summed E-state index contributed by atoms with van der Waals surface area (Å²) in [5.74, 6) is 0.972. The summed E-state index contributed by atoms with van der Waals surface area (Å²) in [5.41, 5.74) is 2.61. The lowest BCUT2D eigenvalue weighted by Crippen LogP contribution is -2.39. The number of ether oxygens (including phenoxy) is 3. The molecule has 3 aromatic rings. The maximum absolute atomic E-state index is 13.9. The monoisotopic (exact) mass is 511 g/mol. The van der Waals surface area contributed by atoms with Crippen molar-refractivity contribution in [3.05, 3.63) is 66.0 Å². The van der Waals surface area contributed by atoms with E-state index in [-0.39, 0.29) is 18.5 Å². The summed E-state index contributed by atoms with van der Waals surface area (Å²) in [4.78, 5) is 2.18. The van der Waals surface area contributed by atoms with E-state index in [1.54, 1.807) is 16.8 Å². The molecule has 0 aliphatic carbocycles. The first-order chi connectivity index (χ1) is 17.9. The maximum Gasteiger partial charge on any atom is 0.222 e. The van der Waals surface area contributed by atoms with Gasteiger partial charge in [-0.05, 0) is 30.9 Å². The lowest BCUT2D eigenvalue weighted by Gasteiger charge is -2.28. The number of aryl methyl sites for hydroxylation is 1. The Morgan fingerprint density at radius 1 is 1.16 bits per heavy atom. The molecule has 0 bridgehead atoms. The molecule has 4 rings (SSSR count). The second kappa shape index (κ2) is 13.1. The van der Waals surface area contributed by atoms with Gasteiger partial charge in [-0.2, -0.15) is 5.10 Å². The molecule has 0 spiro atoms. The number of nitrogens with zero attached hydrogens (tertiary/aromatic N) is 3. The van der Waals surface area contributed by atoms with Gasteiger partial charge in [0.25, 0.3) is 0 Å². The Kier molecular flexibility index (Phi) is 9.68. The molecule has 0 radical (unpaired) electrons. The van der Waals surface area contributed by atoms with Crippen LogP contribution in [-0.4, -0.2) is 64.9 Å². The largest absolute Gasteiger partial charge is 0.439 e. The first kappa shape index (κ1) is 27.3. The predicted octanol–water partition coefficient (Wildman–Crippen LogP) is 5.03. The number of aliphatic hydroxyl groups is 1. The molecule has 0 amide bonds. The van der Waals surface area contributed by atoms with Crippen LogP contribution in [0, 0.1) is 11.7 Å². The number of aromatic nitrogens is 2. The highest BCUT2D eigenvalue weighted by atomic mass is 19.1. The van der Waals surface area contributed by atoms with Crippen LogP contribution >= 0.6 is 0 Å². The molecule has 7 nitrogen and oxygen atoms in total. The Bertz CT molecular complexity index is 1120. The third kappa shape index (κ3) is 7.85. The molecule has 1 aromatic heterocycles. The normalized spacial score (nSPS) is 16.6. The van der Waals surface area contributed by atoms with Crippen molar-refractivity contribution in [1.29, 1.82) is 0 Å². The third-order valence-corrected chi connectivity index (χ3v) is 6.24. The van der Waals surface area contributed by atoms with Crippen molar-refractivity contribution < 1.29 is 23.7 Å². The maximum atomic E-state index is 13.9. The average Bonchev–Trinajstić information content (AvgIpc) is 3.48. The summed E-state index contributed by atoms with van der Waals surface area (Å²) in [5, 5.41) is 15.6. The highest BCUT2D eigenvalue weighted by molar-refractivity contribution is 5.65. The fourth-order valence-electron chi connectivity index (χ4n) is 4.59. The van der Waals surface area contributed by atoms with Gasteiger partial charge in [-0.3, -0.25) is 4.90 Å². The van der Waals surface area contributed by atoms with E-state index >= 15 is 0 Å². The minimum absolute atomic E-state index is 0.105. The van der Waals surface area contributed by atoms with Crippen molar-refractivity contribution in [2.24, 2.45) is 13.0 Å². The van der Waals surface area contributed by atoms with Crippen molar-refractivity contribution in [1.82, 2.24) is 14.7 Å². The first-order valence-corrected chi connectivity index (χ1v) is 13.0. The zero-order chi connectivity index (χ0) is 26.2. The van der Waals surface area contributed by atoms with Crippen molar-refractivity contribution in [3.8, 4) is 22.9 Å².